The molecule has 73 heavy (non-hydrogen) atoms. The molecule has 4 amide bonds. The maximum Gasteiger partial charge on any atom is 0.243 e. The Morgan fingerprint density at radius 2 is 1.75 bits per heavy atom. The molecule has 9 rings (SSSR count). The van der Waals surface area contributed by atoms with Crippen molar-refractivity contribution >= 4 is 80.0 Å². The van der Waals surface area contributed by atoms with E-state index in [0.717, 1.165) is 21.7 Å². The third kappa shape index (κ3) is 11.0. The Morgan fingerprint density at radius 1 is 0.986 bits per heavy atom. The van der Waals surface area contributed by atoms with Crippen LogP contribution >= 0.6 is 22.9 Å². The normalized spacial score (nSPS) is 15.7. The number of hydrogen-bond donors (Lipinski definition) is 3. The fourth-order valence-corrected chi connectivity index (χ4v) is 11.0. The van der Waals surface area contributed by atoms with Crippen molar-refractivity contribution in [3.8, 4) is 27.3 Å². The molecule has 3 atom stereocenters. The van der Waals surface area contributed by atoms with Gasteiger partial charge in [-0.1, -0.05) is 65.3 Å². The fourth-order valence-electron chi connectivity index (χ4n) is 9.94. The summed E-state index contributed by atoms with van der Waals surface area (Å²) in [6, 6.07) is 20.9. The number of piperazine rings is 1. The number of halogens is 2. The summed E-state index contributed by atoms with van der Waals surface area (Å²) < 4.78 is 22.8. The number of thiazole rings is 1. The van der Waals surface area contributed by atoms with E-state index in [1.165, 1.54) is 13.0 Å². The van der Waals surface area contributed by atoms with Crippen molar-refractivity contribution in [2.45, 2.75) is 77.8 Å². The van der Waals surface area contributed by atoms with Crippen LogP contribution in [0.5, 0.6) is 5.75 Å². The van der Waals surface area contributed by atoms with Gasteiger partial charge in [0, 0.05) is 83.2 Å². The number of phenols is 1. The fraction of sp³-hybridized carbons (Fsp3) is 0.370. The number of amides is 4. The summed E-state index contributed by atoms with van der Waals surface area (Å²) in [5, 5.41) is 22.9. The van der Waals surface area contributed by atoms with Crippen LogP contribution < -0.4 is 15.5 Å². The average Bonchev–Trinajstić information content (AvgIpc) is 4.17. The van der Waals surface area contributed by atoms with E-state index in [9.17, 15) is 24.3 Å². The van der Waals surface area contributed by atoms with Gasteiger partial charge < -0.3 is 39.9 Å². The van der Waals surface area contributed by atoms with Gasteiger partial charge in [0.1, 0.15) is 28.9 Å². The SMILES string of the molecule is CC(=O)N1CCN(c2nc(NCCC(=O)N(C)CCC[C@@H](C(=O)N3CCC[C@H]3C(=O)N[C@@H](C)c3ccc(-c4scnc4C)cc3)c3cc(C)no3)nc3c(F)c(-c4cc(O)cc5ccccc45)c(Cl)cc23)CC1. The lowest BCUT2D eigenvalue weighted by atomic mass is 9.96. The van der Waals surface area contributed by atoms with Crippen LogP contribution in [-0.2, 0) is 19.2 Å². The first kappa shape index (κ1) is 50.7. The van der Waals surface area contributed by atoms with E-state index in [-0.39, 0.29) is 70.4 Å². The van der Waals surface area contributed by atoms with Crippen LogP contribution in [0.4, 0.5) is 16.2 Å². The van der Waals surface area contributed by atoms with Crippen LogP contribution in [0, 0.1) is 19.7 Å². The molecule has 2 aliphatic rings. The molecule has 0 saturated carbocycles. The number of likely N-dealkylation sites (tertiary alicyclic amines) is 1. The van der Waals surface area contributed by atoms with Crippen LogP contribution in [0.2, 0.25) is 5.02 Å². The molecular formula is C54H58ClFN10O6S. The maximum absolute atomic E-state index is 17.1. The molecule has 5 heterocycles. The van der Waals surface area contributed by atoms with Gasteiger partial charge in [0.2, 0.25) is 29.6 Å². The zero-order chi connectivity index (χ0) is 51.5. The Hall–Kier alpha value is -7.18. The highest BCUT2D eigenvalue weighted by molar-refractivity contribution is 7.13. The van der Waals surface area contributed by atoms with Gasteiger partial charge in [0.15, 0.2) is 5.82 Å². The van der Waals surface area contributed by atoms with Crippen LogP contribution in [0.15, 0.2) is 82.8 Å². The molecule has 380 valence electrons. The minimum atomic E-state index is -0.716. The largest absolute Gasteiger partial charge is 0.508 e. The predicted molar refractivity (Wildman–Crippen MR) is 281 cm³/mol. The van der Waals surface area contributed by atoms with Crippen LogP contribution in [0.25, 0.3) is 43.2 Å². The summed E-state index contributed by atoms with van der Waals surface area (Å²) in [6.07, 6.45) is 2.07. The summed E-state index contributed by atoms with van der Waals surface area (Å²) >= 11 is 8.50. The molecular weight excluding hydrogens is 971 g/mol. The number of benzene rings is 4. The first-order valence-corrected chi connectivity index (χ1v) is 25.9. The van der Waals surface area contributed by atoms with Crippen molar-refractivity contribution in [1.29, 1.82) is 0 Å². The number of phenolic OH excluding ortho intramolecular Hbond substituents is 1. The third-order valence-corrected chi connectivity index (χ3v) is 15.2. The Bertz CT molecular complexity index is 3200. The van der Waals surface area contributed by atoms with Gasteiger partial charge in [-0.15, -0.1) is 11.3 Å². The number of anilines is 2. The van der Waals surface area contributed by atoms with E-state index in [1.807, 2.05) is 72.8 Å². The number of carbonyl (C=O) groups is 4. The highest BCUT2D eigenvalue weighted by Gasteiger charge is 2.39. The van der Waals surface area contributed by atoms with Gasteiger partial charge in [0.05, 0.1) is 38.8 Å². The number of aromatic nitrogens is 4. The quantitative estimate of drug-likeness (QED) is 0.0834. The highest BCUT2D eigenvalue weighted by Crippen LogP contribution is 2.42. The van der Waals surface area contributed by atoms with Gasteiger partial charge in [-0.05, 0) is 92.1 Å². The lowest BCUT2D eigenvalue weighted by molar-refractivity contribution is -0.140. The Balaban J connectivity index is 0.854. The number of hydrogen-bond acceptors (Lipinski definition) is 13. The summed E-state index contributed by atoms with van der Waals surface area (Å²) in [5.74, 6) is -1.17. The number of nitrogens with zero attached hydrogens (tertiary/aromatic N) is 8. The lowest BCUT2D eigenvalue weighted by Crippen LogP contribution is -2.48. The monoisotopic (exact) mass is 1030 g/mol. The molecule has 19 heteroatoms. The number of rotatable bonds is 16. The second-order valence-corrected chi connectivity index (χ2v) is 20.2. The zero-order valence-corrected chi connectivity index (χ0v) is 43.0. The number of nitrogens with one attached hydrogen (secondary N) is 2. The Morgan fingerprint density at radius 3 is 2.47 bits per heavy atom. The van der Waals surface area contributed by atoms with E-state index >= 15 is 4.39 Å². The highest BCUT2D eigenvalue weighted by atomic mass is 35.5. The molecule has 2 aliphatic heterocycles. The summed E-state index contributed by atoms with van der Waals surface area (Å²) in [4.78, 5) is 76.0. The van der Waals surface area contributed by atoms with Crippen molar-refractivity contribution in [2.75, 3.05) is 63.1 Å². The molecule has 4 aromatic carbocycles. The van der Waals surface area contributed by atoms with Gasteiger partial charge in [-0.3, -0.25) is 19.2 Å². The molecule has 2 fully saturated rings. The minimum Gasteiger partial charge on any atom is -0.508 e. The van der Waals surface area contributed by atoms with Crippen LogP contribution in [-0.4, -0.2) is 122 Å². The predicted octanol–water partition coefficient (Wildman–Crippen LogP) is 9.04. The Kier molecular flexibility index (Phi) is 15.2. The smallest absolute Gasteiger partial charge is 0.243 e. The summed E-state index contributed by atoms with van der Waals surface area (Å²) in [7, 11) is 1.70. The number of aromatic hydroxyl groups is 1. The summed E-state index contributed by atoms with van der Waals surface area (Å²) in [6.45, 7) is 9.88. The van der Waals surface area contributed by atoms with Gasteiger partial charge in [-0.2, -0.15) is 4.98 Å². The first-order valence-electron chi connectivity index (χ1n) is 24.6. The zero-order valence-electron chi connectivity index (χ0n) is 41.5. The van der Waals surface area contributed by atoms with Crippen molar-refractivity contribution in [2.24, 2.45) is 0 Å². The van der Waals surface area contributed by atoms with E-state index < -0.39 is 17.8 Å². The number of fused-ring (bicyclic) bond motifs is 2. The minimum absolute atomic E-state index is 0.00224. The molecule has 16 nitrogen and oxygen atoms in total. The Labute approximate surface area is 431 Å². The maximum atomic E-state index is 17.1. The molecule has 7 aromatic rings. The van der Waals surface area contributed by atoms with Crippen LogP contribution in [0.3, 0.4) is 0 Å². The van der Waals surface area contributed by atoms with E-state index in [2.05, 4.69) is 25.8 Å². The van der Waals surface area contributed by atoms with Crippen molar-refractivity contribution in [3.63, 3.8) is 0 Å². The molecule has 0 radical (unpaired) electrons. The number of carbonyl (C=O) groups excluding carboxylic acids is 4. The molecule has 0 aliphatic carbocycles. The van der Waals surface area contributed by atoms with Gasteiger partial charge in [0.25, 0.3) is 0 Å². The molecule has 2 saturated heterocycles. The standard InChI is InChI=1S/C54H58ClFN10O6S/c1-31-26-45(72-62-31)40(53(71)66-21-9-13-44(66)52(70)59-32(2)35-14-16-36(17-15-35)50-33(3)58-30-73-50)12-8-20-63(5)46(69)18-19-57-54-60-49-42(51(61-54)65-24-22-64(23-25-65)34(4)67)29-43(55)47(48(49)56)41-28-38(68)27-37-10-6-7-11-39(37)41/h6-7,10-11,14-17,26-30,32,40,44,68H,8-9,12-13,18-25H2,1-5H3,(H,59,70)(H,57,60,61)/t32-,40+,44-/m0/s1. The van der Waals surface area contributed by atoms with Crippen molar-refractivity contribution in [1.82, 2.24) is 40.1 Å². The van der Waals surface area contributed by atoms with Gasteiger partial charge >= 0.3 is 0 Å². The molecule has 0 spiro atoms. The van der Waals surface area contributed by atoms with E-state index in [4.69, 9.17) is 21.1 Å². The third-order valence-electron chi connectivity index (χ3n) is 13.9. The van der Waals surface area contributed by atoms with Crippen molar-refractivity contribution < 1.29 is 33.2 Å². The topological polar surface area (TPSA) is 190 Å². The molecule has 0 unspecified atom stereocenters. The second kappa shape index (κ2) is 21.9. The average molecular weight is 1030 g/mol. The van der Waals surface area contributed by atoms with Crippen molar-refractivity contribution in [3.05, 3.63) is 112 Å². The molecule has 3 aromatic heterocycles. The lowest BCUT2D eigenvalue weighted by Gasteiger charge is -2.35. The van der Waals surface area contributed by atoms with Gasteiger partial charge in [-0.25, -0.2) is 14.4 Å². The van der Waals surface area contributed by atoms with Crippen LogP contribution in [0.1, 0.15) is 80.6 Å². The van der Waals surface area contributed by atoms with E-state index in [1.54, 1.807) is 58.2 Å². The molecule has 0 bridgehead atoms. The first-order chi connectivity index (χ1) is 35.1. The van der Waals surface area contributed by atoms with E-state index in [0.29, 0.717) is 104 Å². The summed E-state index contributed by atoms with van der Waals surface area (Å²) in [5.41, 5.74) is 5.93. The molecule has 3 N–H and O–H groups in total. The second-order valence-electron chi connectivity index (χ2n) is 18.9. The number of aryl methyl sites for hydroxylation is 2.